The Balaban J connectivity index is 2.52. The van der Waals surface area contributed by atoms with Crippen molar-refractivity contribution in [3.63, 3.8) is 0 Å². The molecule has 0 spiro atoms. The fourth-order valence-corrected chi connectivity index (χ4v) is 2.42. The number of nitrogens with one attached hydrogen (secondary N) is 1. The molecular weight excluding hydrogens is 226 g/mol. The second-order valence-electron chi connectivity index (χ2n) is 3.79. The molecule has 88 valence electrons. The normalized spacial score (nSPS) is 19.8. The SMILES string of the molecule is COc1ccc2c(c1OC)CCNCC2Cl. The number of benzene rings is 1. The van der Waals surface area contributed by atoms with E-state index in [1.807, 2.05) is 12.1 Å². The number of rotatable bonds is 2. The molecule has 1 aromatic rings. The molecule has 1 unspecified atom stereocenters. The largest absolute Gasteiger partial charge is 0.493 e. The van der Waals surface area contributed by atoms with Gasteiger partial charge in [0.25, 0.3) is 0 Å². The first-order chi connectivity index (χ1) is 7.77. The highest BCUT2D eigenvalue weighted by Crippen LogP contribution is 2.38. The first-order valence-corrected chi connectivity index (χ1v) is 5.80. The smallest absolute Gasteiger partial charge is 0.164 e. The maximum atomic E-state index is 6.32. The van der Waals surface area contributed by atoms with Crippen molar-refractivity contribution in [1.29, 1.82) is 0 Å². The number of alkyl halides is 1. The molecule has 3 nitrogen and oxygen atoms in total. The second kappa shape index (κ2) is 4.93. The Labute approximate surface area is 101 Å². The van der Waals surface area contributed by atoms with E-state index in [-0.39, 0.29) is 5.38 Å². The number of ether oxygens (including phenoxy) is 2. The van der Waals surface area contributed by atoms with Crippen LogP contribution in [0.5, 0.6) is 11.5 Å². The predicted octanol–water partition coefficient (Wildman–Crippen LogP) is 2.13. The first-order valence-electron chi connectivity index (χ1n) is 5.36. The maximum Gasteiger partial charge on any atom is 0.164 e. The summed E-state index contributed by atoms with van der Waals surface area (Å²) in [7, 11) is 3.32. The van der Waals surface area contributed by atoms with Gasteiger partial charge in [0.1, 0.15) is 0 Å². The van der Waals surface area contributed by atoms with Gasteiger partial charge in [0.2, 0.25) is 0 Å². The summed E-state index contributed by atoms with van der Waals surface area (Å²) < 4.78 is 10.7. The number of hydrogen-bond acceptors (Lipinski definition) is 3. The summed E-state index contributed by atoms with van der Waals surface area (Å²) in [6.45, 7) is 1.71. The van der Waals surface area contributed by atoms with Crippen LogP contribution in [-0.4, -0.2) is 27.3 Å². The zero-order valence-corrected chi connectivity index (χ0v) is 10.3. The highest BCUT2D eigenvalue weighted by Gasteiger charge is 2.21. The van der Waals surface area contributed by atoms with Gasteiger partial charge in [0, 0.05) is 12.1 Å². The number of fused-ring (bicyclic) bond motifs is 1. The zero-order valence-electron chi connectivity index (χ0n) is 9.55. The van der Waals surface area contributed by atoms with E-state index < -0.39 is 0 Å². The minimum atomic E-state index is -0.00249. The van der Waals surface area contributed by atoms with Crippen molar-refractivity contribution in [2.24, 2.45) is 0 Å². The summed E-state index contributed by atoms with van der Waals surface area (Å²) >= 11 is 6.32. The van der Waals surface area contributed by atoms with Crippen molar-refractivity contribution in [3.05, 3.63) is 23.3 Å². The third-order valence-corrected chi connectivity index (χ3v) is 3.29. The van der Waals surface area contributed by atoms with Crippen LogP contribution in [0.3, 0.4) is 0 Å². The van der Waals surface area contributed by atoms with Crippen molar-refractivity contribution < 1.29 is 9.47 Å². The van der Waals surface area contributed by atoms with E-state index >= 15 is 0 Å². The molecule has 1 atom stereocenters. The van der Waals surface area contributed by atoms with Gasteiger partial charge in [0.05, 0.1) is 19.6 Å². The van der Waals surface area contributed by atoms with E-state index in [0.29, 0.717) is 0 Å². The molecule has 0 fully saturated rings. The van der Waals surface area contributed by atoms with Gasteiger partial charge in [-0.15, -0.1) is 11.6 Å². The van der Waals surface area contributed by atoms with Crippen molar-refractivity contribution in [2.75, 3.05) is 27.3 Å². The van der Waals surface area contributed by atoms with Gasteiger partial charge in [-0.3, -0.25) is 0 Å². The standard InChI is InChI=1S/C12H16ClNO2/c1-15-11-4-3-8-9(12(11)16-2)5-6-14-7-10(8)13/h3-4,10,14H,5-7H2,1-2H3. The van der Waals surface area contributed by atoms with Crippen LogP contribution in [0.15, 0.2) is 12.1 Å². The van der Waals surface area contributed by atoms with Gasteiger partial charge in [0.15, 0.2) is 11.5 Å². The average Bonchev–Trinajstić information content (AvgIpc) is 2.50. The molecule has 2 rings (SSSR count). The van der Waals surface area contributed by atoms with Crippen molar-refractivity contribution >= 4 is 11.6 Å². The molecule has 1 N–H and O–H groups in total. The Hall–Kier alpha value is -0.930. The molecule has 1 aliphatic rings. The molecule has 4 heteroatoms. The van der Waals surface area contributed by atoms with Gasteiger partial charge in [-0.1, -0.05) is 6.07 Å². The molecule has 0 saturated heterocycles. The fourth-order valence-electron chi connectivity index (χ4n) is 2.11. The van der Waals surface area contributed by atoms with E-state index in [4.69, 9.17) is 21.1 Å². The summed E-state index contributed by atoms with van der Waals surface area (Å²) in [5.41, 5.74) is 2.30. The predicted molar refractivity (Wildman–Crippen MR) is 64.7 cm³/mol. The van der Waals surface area contributed by atoms with Gasteiger partial charge >= 0.3 is 0 Å². The fraction of sp³-hybridized carbons (Fsp3) is 0.500. The highest BCUT2D eigenvalue weighted by molar-refractivity contribution is 6.21. The number of methoxy groups -OCH3 is 2. The molecule has 1 heterocycles. The lowest BCUT2D eigenvalue weighted by Crippen LogP contribution is -2.17. The monoisotopic (exact) mass is 241 g/mol. The molecule has 0 radical (unpaired) electrons. The minimum Gasteiger partial charge on any atom is -0.493 e. The zero-order chi connectivity index (χ0) is 11.5. The quantitative estimate of drug-likeness (QED) is 0.805. The molecule has 1 aliphatic heterocycles. The van der Waals surface area contributed by atoms with Gasteiger partial charge in [-0.05, 0) is 24.6 Å². The third kappa shape index (κ3) is 1.97. The van der Waals surface area contributed by atoms with Crippen LogP contribution >= 0.6 is 11.6 Å². The Bertz CT molecular complexity index is 382. The van der Waals surface area contributed by atoms with E-state index in [9.17, 15) is 0 Å². The Morgan fingerprint density at radius 1 is 1.31 bits per heavy atom. The summed E-state index contributed by atoms with van der Waals surface area (Å²) in [6, 6.07) is 3.94. The van der Waals surface area contributed by atoms with Gasteiger partial charge in [-0.25, -0.2) is 0 Å². The van der Waals surface area contributed by atoms with Crippen LogP contribution in [0.2, 0.25) is 0 Å². The van der Waals surface area contributed by atoms with Gasteiger partial charge < -0.3 is 14.8 Å². The summed E-state index contributed by atoms with van der Waals surface area (Å²) in [6.07, 6.45) is 0.916. The van der Waals surface area contributed by atoms with Crippen LogP contribution in [0.4, 0.5) is 0 Å². The lowest BCUT2D eigenvalue weighted by molar-refractivity contribution is 0.351. The van der Waals surface area contributed by atoms with Gasteiger partial charge in [-0.2, -0.15) is 0 Å². The van der Waals surface area contributed by atoms with E-state index in [0.717, 1.165) is 42.1 Å². The van der Waals surface area contributed by atoms with E-state index in [2.05, 4.69) is 5.32 Å². The van der Waals surface area contributed by atoms with E-state index in [1.165, 1.54) is 0 Å². The molecule has 0 aromatic heterocycles. The molecule has 0 aliphatic carbocycles. The van der Waals surface area contributed by atoms with Crippen molar-refractivity contribution in [1.82, 2.24) is 5.32 Å². The topological polar surface area (TPSA) is 30.5 Å². The molecular formula is C12H16ClNO2. The summed E-state index contributed by atoms with van der Waals surface area (Å²) in [4.78, 5) is 0. The molecule has 16 heavy (non-hydrogen) atoms. The van der Waals surface area contributed by atoms with Crippen LogP contribution in [0.25, 0.3) is 0 Å². The van der Waals surface area contributed by atoms with Crippen molar-refractivity contribution in [3.8, 4) is 11.5 Å². The number of halogens is 1. The Morgan fingerprint density at radius 3 is 2.81 bits per heavy atom. The molecule has 0 bridgehead atoms. The lowest BCUT2D eigenvalue weighted by atomic mass is 10.0. The van der Waals surface area contributed by atoms with Crippen LogP contribution in [-0.2, 0) is 6.42 Å². The summed E-state index contributed by atoms with van der Waals surface area (Å²) in [5.74, 6) is 1.58. The van der Waals surface area contributed by atoms with Crippen LogP contribution in [0, 0.1) is 0 Å². The number of hydrogen-bond donors (Lipinski definition) is 1. The first kappa shape index (κ1) is 11.6. The minimum absolute atomic E-state index is 0.00249. The molecule has 0 amide bonds. The van der Waals surface area contributed by atoms with Crippen LogP contribution < -0.4 is 14.8 Å². The average molecular weight is 242 g/mol. The highest BCUT2D eigenvalue weighted by atomic mass is 35.5. The second-order valence-corrected chi connectivity index (χ2v) is 4.32. The van der Waals surface area contributed by atoms with Crippen molar-refractivity contribution in [2.45, 2.75) is 11.8 Å². The Morgan fingerprint density at radius 2 is 2.12 bits per heavy atom. The molecule has 1 aromatic carbocycles. The summed E-state index contributed by atoms with van der Waals surface area (Å²) in [5, 5.41) is 3.30. The molecule has 0 saturated carbocycles. The third-order valence-electron chi connectivity index (χ3n) is 2.90. The lowest BCUT2D eigenvalue weighted by Gasteiger charge is -2.16. The van der Waals surface area contributed by atoms with E-state index in [1.54, 1.807) is 14.2 Å². The van der Waals surface area contributed by atoms with Crippen LogP contribution in [0.1, 0.15) is 16.5 Å². The maximum absolute atomic E-state index is 6.32. The Kier molecular flexibility index (Phi) is 3.56.